The highest BCUT2D eigenvalue weighted by Gasteiger charge is 2.30. The Hall–Kier alpha value is -1.20. The van der Waals surface area contributed by atoms with Gasteiger partial charge in [-0.1, -0.05) is 12.1 Å². The standard InChI is InChI=1S/C12H13FO3S/c1-8(2)16-6-9-7-17(14,15)12-10(9)4-3-5-11(12)13/h3-5,7-8H,6H2,1-2H3. The van der Waals surface area contributed by atoms with Crippen molar-refractivity contribution < 1.29 is 17.5 Å². The van der Waals surface area contributed by atoms with Crippen LogP contribution in [0.25, 0.3) is 5.57 Å². The van der Waals surface area contributed by atoms with Gasteiger partial charge in [-0.3, -0.25) is 0 Å². The Labute approximate surface area is 99.8 Å². The molecule has 1 aliphatic rings. The van der Waals surface area contributed by atoms with Crippen LogP contribution in [0.1, 0.15) is 19.4 Å². The highest BCUT2D eigenvalue weighted by atomic mass is 32.2. The van der Waals surface area contributed by atoms with Crippen molar-refractivity contribution in [3.8, 4) is 0 Å². The van der Waals surface area contributed by atoms with E-state index >= 15 is 0 Å². The predicted octanol–water partition coefficient (Wildman–Crippen LogP) is 2.38. The molecular weight excluding hydrogens is 243 g/mol. The normalized spacial score (nSPS) is 17.1. The third-order valence-electron chi connectivity index (χ3n) is 2.47. The van der Waals surface area contributed by atoms with Crippen LogP contribution in [-0.4, -0.2) is 21.1 Å². The lowest BCUT2D eigenvalue weighted by atomic mass is 10.1. The van der Waals surface area contributed by atoms with E-state index in [9.17, 15) is 12.8 Å². The van der Waals surface area contributed by atoms with Gasteiger partial charge in [-0.25, -0.2) is 12.8 Å². The Morgan fingerprint density at radius 2 is 2.06 bits per heavy atom. The number of rotatable bonds is 3. The predicted molar refractivity (Wildman–Crippen MR) is 62.7 cm³/mol. The van der Waals surface area contributed by atoms with Gasteiger partial charge in [-0.15, -0.1) is 0 Å². The Morgan fingerprint density at radius 3 is 2.71 bits per heavy atom. The van der Waals surface area contributed by atoms with Crippen molar-refractivity contribution in [3.63, 3.8) is 0 Å². The average molecular weight is 256 g/mol. The molecule has 0 unspecified atom stereocenters. The molecule has 2 rings (SSSR count). The van der Waals surface area contributed by atoms with Gasteiger partial charge >= 0.3 is 0 Å². The van der Waals surface area contributed by atoms with E-state index in [1.54, 1.807) is 6.07 Å². The third kappa shape index (κ3) is 2.25. The Kier molecular flexibility index (Phi) is 3.05. The molecule has 1 heterocycles. The zero-order valence-electron chi connectivity index (χ0n) is 9.60. The summed E-state index contributed by atoms with van der Waals surface area (Å²) in [6, 6.07) is 4.24. The van der Waals surface area contributed by atoms with E-state index in [-0.39, 0.29) is 17.6 Å². The van der Waals surface area contributed by atoms with E-state index in [0.717, 1.165) is 11.5 Å². The lowest BCUT2D eigenvalue weighted by molar-refractivity contribution is 0.107. The first-order valence-electron chi connectivity index (χ1n) is 5.28. The van der Waals surface area contributed by atoms with Crippen molar-refractivity contribution in [1.82, 2.24) is 0 Å². The molecule has 0 bridgehead atoms. The summed E-state index contributed by atoms with van der Waals surface area (Å²) in [6.45, 7) is 3.89. The Bertz CT molecular complexity index is 573. The zero-order chi connectivity index (χ0) is 12.6. The minimum atomic E-state index is -3.65. The second-order valence-corrected chi connectivity index (χ2v) is 5.90. The molecule has 0 fully saturated rings. The summed E-state index contributed by atoms with van der Waals surface area (Å²) in [6.07, 6.45) is -0.00351. The summed E-state index contributed by atoms with van der Waals surface area (Å²) >= 11 is 0. The molecule has 1 aromatic rings. The van der Waals surface area contributed by atoms with Crippen LogP contribution in [0.15, 0.2) is 28.5 Å². The average Bonchev–Trinajstić information content (AvgIpc) is 2.49. The molecule has 0 saturated carbocycles. The number of hydrogen-bond acceptors (Lipinski definition) is 3. The first kappa shape index (κ1) is 12.3. The number of fused-ring (bicyclic) bond motifs is 1. The van der Waals surface area contributed by atoms with Gasteiger partial charge in [0.2, 0.25) is 9.84 Å². The molecule has 92 valence electrons. The second-order valence-electron chi connectivity index (χ2n) is 4.16. The van der Waals surface area contributed by atoms with Crippen LogP contribution >= 0.6 is 0 Å². The van der Waals surface area contributed by atoms with Gasteiger partial charge in [0.25, 0.3) is 0 Å². The maximum Gasteiger partial charge on any atom is 0.203 e. The topological polar surface area (TPSA) is 43.4 Å². The van der Waals surface area contributed by atoms with Crippen LogP contribution in [0.4, 0.5) is 4.39 Å². The van der Waals surface area contributed by atoms with Crippen molar-refractivity contribution in [2.24, 2.45) is 0 Å². The van der Waals surface area contributed by atoms with E-state index in [1.165, 1.54) is 6.07 Å². The fourth-order valence-corrected chi connectivity index (χ4v) is 3.26. The van der Waals surface area contributed by atoms with Crippen LogP contribution in [0.3, 0.4) is 0 Å². The number of hydrogen-bond donors (Lipinski definition) is 0. The molecule has 0 atom stereocenters. The van der Waals surface area contributed by atoms with Crippen molar-refractivity contribution in [3.05, 3.63) is 35.0 Å². The van der Waals surface area contributed by atoms with Gasteiger partial charge in [-0.2, -0.15) is 0 Å². The largest absolute Gasteiger partial charge is 0.374 e. The molecular formula is C12H13FO3S. The van der Waals surface area contributed by atoms with Crippen LogP contribution in [0, 0.1) is 5.82 Å². The number of ether oxygens (including phenoxy) is 1. The fourth-order valence-electron chi connectivity index (χ4n) is 1.73. The maximum absolute atomic E-state index is 13.5. The fraction of sp³-hybridized carbons (Fsp3) is 0.333. The van der Waals surface area contributed by atoms with Crippen LogP contribution in [-0.2, 0) is 14.6 Å². The van der Waals surface area contributed by atoms with Gasteiger partial charge in [0, 0.05) is 11.0 Å². The molecule has 5 heteroatoms. The van der Waals surface area contributed by atoms with Gasteiger partial charge in [-0.05, 0) is 25.5 Å². The van der Waals surface area contributed by atoms with Crippen molar-refractivity contribution in [2.45, 2.75) is 24.8 Å². The monoisotopic (exact) mass is 256 g/mol. The molecule has 1 aliphatic heterocycles. The Balaban J connectivity index is 2.44. The summed E-state index contributed by atoms with van der Waals surface area (Å²) in [5, 5.41) is 1.09. The summed E-state index contributed by atoms with van der Waals surface area (Å²) in [4.78, 5) is -0.234. The van der Waals surface area contributed by atoms with Crippen LogP contribution in [0.5, 0.6) is 0 Å². The van der Waals surface area contributed by atoms with E-state index < -0.39 is 15.7 Å². The van der Waals surface area contributed by atoms with E-state index in [4.69, 9.17) is 4.74 Å². The molecule has 0 spiro atoms. The van der Waals surface area contributed by atoms with Crippen molar-refractivity contribution in [2.75, 3.05) is 6.61 Å². The first-order chi connectivity index (χ1) is 7.92. The second kappa shape index (κ2) is 4.23. The quantitative estimate of drug-likeness (QED) is 0.834. The summed E-state index contributed by atoms with van der Waals surface area (Å²) in [5.74, 6) is -0.710. The number of halogens is 1. The molecule has 1 aromatic carbocycles. The van der Waals surface area contributed by atoms with E-state index in [0.29, 0.717) is 11.1 Å². The van der Waals surface area contributed by atoms with Crippen LogP contribution < -0.4 is 0 Å². The molecule has 3 nitrogen and oxygen atoms in total. The minimum absolute atomic E-state index is 0.00351. The van der Waals surface area contributed by atoms with E-state index in [1.807, 2.05) is 13.8 Å². The summed E-state index contributed by atoms with van der Waals surface area (Å²) < 4.78 is 42.4. The van der Waals surface area contributed by atoms with E-state index in [2.05, 4.69) is 0 Å². The third-order valence-corrected chi connectivity index (χ3v) is 4.05. The molecule has 0 saturated heterocycles. The summed E-state index contributed by atoms with van der Waals surface area (Å²) in [7, 11) is -3.65. The number of benzene rings is 1. The van der Waals surface area contributed by atoms with Crippen LogP contribution in [0.2, 0.25) is 0 Å². The molecule has 0 aromatic heterocycles. The molecule has 17 heavy (non-hydrogen) atoms. The van der Waals surface area contributed by atoms with Gasteiger partial charge in [0.15, 0.2) is 0 Å². The zero-order valence-corrected chi connectivity index (χ0v) is 10.4. The first-order valence-corrected chi connectivity index (χ1v) is 6.82. The lowest BCUT2D eigenvalue weighted by Gasteiger charge is -2.08. The van der Waals surface area contributed by atoms with Gasteiger partial charge < -0.3 is 4.74 Å². The van der Waals surface area contributed by atoms with Crippen molar-refractivity contribution >= 4 is 15.4 Å². The number of sulfone groups is 1. The maximum atomic E-state index is 13.5. The lowest BCUT2D eigenvalue weighted by Crippen LogP contribution is -2.05. The highest BCUT2D eigenvalue weighted by molar-refractivity contribution is 7.95. The summed E-state index contributed by atoms with van der Waals surface area (Å²) in [5.41, 5.74) is 0.916. The Morgan fingerprint density at radius 1 is 1.35 bits per heavy atom. The molecule has 0 N–H and O–H groups in total. The van der Waals surface area contributed by atoms with Gasteiger partial charge in [0.05, 0.1) is 12.7 Å². The smallest absolute Gasteiger partial charge is 0.203 e. The SMILES string of the molecule is CC(C)OCC1=CS(=O)(=O)c2c(F)cccc21. The van der Waals surface area contributed by atoms with Crippen molar-refractivity contribution in [1.29, 1.82) is 0 Å². The highest BCUT2D eigenvalue weighted by Crippen LogP contribution is 2.35. The molecule has 0 amide bonds. The molecule has 0 radical (unpaired) electrons. The minimum Gasteiger partial charge on any atom is -0.374 e. The molecule has 0 aliphatic carbocycles. The van der Waals surface area contributed by atoms with Gasteiger partial charge in [0.1, 0.15) is 10.7 Å².